The number of rotatable bonds is 9. The number of allylic oxidation sites excluding steroid dienone is 1. The molecule has 3 aliphatic rings. The van der Waals surface area contributed by atoms with Crippen LogP contribution < -0.4 is 9.47 Å². The molecule has 0 spiro atoms. The van der Waals surface area contributed by atoms with E-state index in [0.29, 0.717) is 50.4 Å². The fraction of sp³-hybridized carbons (Fsp3) is 0.607. The molecule has 1 aromatic rings. The number of carbonyl (C=O) groups is 3. The van der Waals surface area contributed by atoms with Crippen LogP contribution in [0.25, 0.3) is 0 Å². The number of hydrogen-bond donors (Lipinski definition) is 0. The summed E-state index contributed by atoms with van der Waals surface area (Å²) in [6.45, 7) is 3.91. The van der Waals surface area contributed by atoms with Gasteiger partial charge in [0.1, 0.15) is 5.41 Å². The first-order chi connectivity index (χ1) is 17.9. The largest absolute Gasteiger partial charge is 0.493 e. The summed E-state index contributed by atoms with van der Waals surface area (Å²) in [5, 5.41) is 0. The van der Waals surface area contributed by atoms with Crippen molar-refractivity contribution >= 4 is 29.5 Å². The number of thioether (sulfide) groups is 1. The lowest BCUT2D eigenvalue weighted by molar-refractivity contribution is -0.162. The third-order valence-electron chi connectivity index (χ3n) is 7.66. The van der Waals surface area contributed by atoms with Gasteiger partial charge in [-0.05, 0) is 56.7 Å². The number of nitrogens with zero attached hydrogens (tertiary/aromatic N) is 2. The van der Waals surface area contributed by atoms with Crippen molar-refractivity contribution in [3.8, 4) is 11.5 Å². The zero-order valence-electron chi connectivity index (χ0n) is 22.1. The molecule has 0 N–H and O–H groups in total. The average Bonchev–Trinajstić information content (AvgIpc) is 2.93. The van der Waals surface area contributed by atoms with Crippen LogP contribution in [0.2, 0.25) is 0 Å². The molecular weight excluding hydrogens is 492 g/mol. The fourth-order valence-corrected chi connectivity index (χ4v) is 6.67. The summed E-state index contributed by atoms with van der Waals surface area (Å²) < 4.78 is 16.4. The van der Waals surface area contributed by atoms with E-state index in [9.17, 15) is 14.4 Å². The summed E-state index contributed by atoms with van der Waals surface area (Å²) in [6, 6.07) is 5.73. The van der Waals surface area contributed by atoms with Crippen LogP contribution >= 0.6 is 11.8 Å². The number of esters is 1. The Labute approximate surface area is 223 Å². The van der Waals surface area contributed by atoms with Crippen molar-refractivity contribution in [2.75, 3.05) is 52.0 Å². The molecule has 2 heterocycles. The van der Waals surface area contributed by atoms with Gasteiger partial charge < -0.3 is 24.0 Å². The van der Waals surface area contributed by atoms with Gasteiger partial charge in [-0.3, -0.25) is 14.4 Å². The first-order valence-electron chi connectivity index (χ1n) is 13.2. The van der Waals surface area contributed by atoms with Gasteiger partial charge in [0.15, 0.2) is 11.5 Å². The number of amides is 2. The Hall–Kier alpha value is -2.68. The second-order valence-corrected chi connectivity index (χ2v) is 11.0. The van der Waals surface area contributed by atoms with Crippen molar-refractivity contribution in [3.63, 3.8) is 0 Å². The average molecular weight is 531 g/mol. The van der Waals surface area contributed by atoms with Crippen LogP contribution in [-0.2, 0) is 25.5 Å². The molecule has 2 fully saturated rings. The van der Waals surface area contributed by atoms with E-state index in [2.05, 4.69) is 0 Å². The zero-order chi connectivity index (χ0) is 26.4. The summed E-state index contributed by atoms with van der Waals surface area (Å²) in [5.41, 5.74) is 0.857. The van der Waals surface area contributed by atoms with Crippen LogP contribution in [0.15, 0.2) is 30.0 Å². The Morgan fingerprint density at radius 2 is 1.89 bits per heavy atom. The van der Waals surface area contributed by atoms with Crippen LogP contribution in [-0.4, -0.2) is 79.5 Å². The third kappa shape index (κ3) is 5.76. The van der Waals surface area contributed by atoms with Crippen molar-refractivity contribution in [1.29, 1.82) is 0 Å². The molecule has 202 valence electrons. The summed E-state index contributed by atoms with van der Waals surface area (Å²) in [7, 11) is 3.19. The van der Waals surface area contributed by atoms with Gasteiger partial charge in [0, 0.05) is 49.2 Å². The van der Waals surface area contributed by atoms with Crippen molar-refractivity contribution in [2.24, 2.45) is 11.3 Å². The molecule has 1 aromatic carbocycles. The number of piperidine rings is 1. The highest BCUT2D eigenvalue weighted by atomic mass is 32.2. The normalized spacial score (nSPS) is 23.7. The number of likely N-dealkylation sites (tertiary alicyclic amines) is 1. The van der Waals surface area contributed by atoms with Crippen molar-refractivity contribution in [3.05, 3.63) is 35.5 Å². The first kappa shape index (κ1) is 27.4. The van der Waals surface area contributed by atoms with E-state index in [0.717, 1.165) is 35.6 Å². The Balaban J connectivity index is 1.61. The molecule has 1 aliphatic carbocycles. The molecule has 8 nitrogen and oxygen atoms in total. The molecule has 2 atom stereocenters. The van der Waals surface area contributed by atoms with E-state index in [1.165, 1.54) is 0 Å². The third-order valence-corrected chi connectivity index (χ3v) is 8.60. The van der Waals surface area contributed by atoms with E-state index < -0.39 is 11.3 Å². The van der Waals surface area contributed by atoms with Gasteiger partial charge in [-0.2, -0.15) is 11.8 Å². The monoisotopic (exact) mass is 530 g/mol. The van der Waals surface area contributed by atoms with Crippen LogP contribution in [0.1, 0.15) is 44.6 Å². The minimum atomic E-state index is -0.886. The number of benzene rings is 1. The standard InChI is InChI=1S/C28H38N2O6S/c1-4-36-27(33)28-11-6-5-7-24(28)30(12-10-20-8-9-22(34-2)23(17-20)35-3)26(32)21(19-28)18-25(31)29-13-15-37-16-14-29/h7-9,17,21H,4-6,10-16,18-19H2,1-3H3/t21-,28+/m1/s1. The van der Waals surface area contributed by atoms with Gasteiger partial charge >= 0.3 is 5.97 Å². The van der Waals surface area contributed by atoms with Crippen molar-refractivity contribution < 1.29 is 28.6 Å². The zero-order valence-corrected chi connectivity index (χ0v) is 22.9. The van der Waals surface area contributed by atoms with E-state index >= 15 is 0 Å². The Kier molecular flexibility index (Phi) is 9.05. The van der Waals surface area contributed by atoms with Gasteiger partial charge in [-0.25, -0.2) is 0 Å². The number of methoxy groups -OCH3 is 2. The van der Waals surface area contributed by atoms with Crippen molar-refractivity contribution in [1.82, 2.24) is 9.80 Å². The first-order valence-corrected chi connectivity index (χ1v) is 14.3. The van der Waals surface area contributed by atoms with Crippen LogP contribution in [0.5, 0.6) is 11.5 Å². The quantitative estimate of drug-likeness (QED) is 0.450. The molecule has 0 radical (unpaired) electrons. The lowest BCUT2D eigenvalue weighted by atomic mass is 9.66. The Morgan fingerprint density at radius 1 is 1.14 bits per heavy atom. The fourth-order valence-electron chi connectivity index (χ4n) is 5.77. The minimum Gasteiger partial charge on any atom is -0.493 e. The highest BCUT2D eigenvalue weighted by Crippen LogP contribution is 2.50. The predicted octanol–water partition coefficient (Wildman–Crippen LogP) is 3.68. The molecule has 2 amide bonds. The second kappa shape index (κ2) is 12.2. The van der Waals surface area contributed by atoms with E-state index in [-0.39, 0.29) is 30.8 Å². The maximum Gasteiger partial charge on any atom is 0.318 e. The molecule has 9 heteroatoms. The Bertz CT molecular complexity index is 1040. The van der Waals surface area contributed by atoms with Gasteiger partial charge in [0.05, 0.1) is 20.8 Å². The molecule has 37 heavy (non-hydrogen) atoms. The highest BCUT2D eigenvalue weighted by Gasteiger charge is 2.54. The summed E-state index contributed by atoms with van der Waals surface area (Å²) in [5.74, 6) is 2.21. The van der Waals surface area contributed by atoms with E-state index in [4.69, 9.17) is 14.2 Å². The number of fused-ring (bicyclic) bond motifs is 1. The van der Waals surface area contributed by atoms with Crippen LogP contribution in [0.4, 0.5) is 0 Å². The number of ether oxygens (including phenoxy) is 3. The molecule has 0 aromatic heterocycles. The second-order valence-electron chi connectivity index (χ2n) is 9.81. The molecular formula is C28H38N2O6S. The number of carbonyl (C=O) groups excluding carboxylic acids is 3. The van der Waals surface area contributed by atoms with Crippen LogP contribution in [0.3, 0.4) is 0 Å². The lowest BCUT2D eigenvalue weighted by Crippen LogP contribution is -2.55. The lowest BCUT2D eigenvalue weighted by Gasteiger charge is -2.48. The van der Waals surface area contributed by atoms with Gasteiger partial charge in [-0.15, -0.1) is 0 Å². The molecule has 0 bridgehead atoms. The smallest absolute Gasteiger partial charge is 0.318 e. The summed E-state index contributed by atoms with van der Waals surface area (Å²) in [4.78, 5) is 44.1. The molecule has 0 saturated carbocycles. The molecule has 2 aliphatic heterocycles. The van der Waals surface area contributed by atoms with Gasteiger partial charge in [-0.1, -0.05) is 12.1 Å². The van der Waals surface area contributed by atoms with Crippen molar-refractivity contribution in [2.45, 2.75) is 45.4 Å². The summed E-state index contributed by atoms with van der Waals surface area (Å²) in [6.07, 6.45) is 5.36. The molecule has 2 saturated heterocycles. The molecule has 4 rings (SSSR count). The molecule has 0 unspecified atom stereocenters. The van der Waals surface area contributed by atoms with Gasteiger partial charge in [0.2, 0.25) is 11.8 Å². The summed E-state index contributed by atoms with van der Waals surface area (Å²) >= 11 is 1.84. The maximum atomic E-state index is 13.9. The SMILES string of the molecule is CCOC(=O)[C@]12CCCC=C1N(CCc1ccc(OC)c(OC)c1)C(=O)[C@H](CC(=O)N1CCSCC1)C2. The van der Waals surface area contributed by atoms with Gasteiger partial charge in [0.25, 0.3) is 0 Å². The van der Waals surface area contributed by atoms with Crippen LogP contribution in [0, 0.1) is 11.3 Å². The predicted molar refractivity (Wildman–Crippen MR) is 143 cm³/mol. The van der Waals surface area contributed by atoms with E-state index in [1.54, 1.807) is 26.0 Å². The topological polar surface area (TPSA) is 85.4 Å². The highest BCUT2D eigenvalue weighted by molar-refractivity contribution is 7.99. The number of hydrogen-bond acceptors (Lipinski definition) is 7. The maximum absolute atomic E-state index is 13.9. The Morgan fingerprint density at radius 3 is 2.59 bits per heavy atom. The van der Waals surface area contributed by atoms with E-state index in [1.807, 2.05) is 40.9 Å². The minimum absolute atomic E-state index is 0.000684.